The Balaban J connectivity index is 1.42. The average molecular weight is 403 g/mol. The molecule has 0 aliphatic carbocycles. The number of piperidine rings is 1. The summed E-state index contributed by atoms with van der Waals surface area (Å²) >= 11 is 11.8. The van der Waals surface area contributed by atoms with Crippen molar-refractivity contribution >= 4 is 29.1 Å². The van der Waals surface area contributed by atoms with E-state index in [2.05, 4.69) is 15.1 Å². The molecule has 0 N–H and O–H groups in total. The molecule has 1 saturated heterocycles. The van der Waals surface area contributed by atoms with Crippen molar-refractivity contribution in [2.75, 3.05) is 13.1 Å². The van der Waals surface area contributed by atoms with Crippen LogP contribution in [0.5, 0.6) is 0 Å². The lowest BCUT2D eigenvalue weighted by atomic mass is 9.96. The van der Waals surface area contributed by atoms with Crippen LogP contribution in [0, 0.1) is 0 Å². The molecule has 1 amide bonds. The first-order valence-electron chi connectivity index (χ1n) is 8.61. The van der Waals surface area contributed by atoms with Crippen LogP contribution >= 0.6 is 23.2 Å². The second-order valence-electron chi connectivity index (χ2n) is 6.39. The molecule has 1 fully saturated rings. The van der Waals surface area contributed by atoms with E-state index in [0.717, 1.165) is 18.4 Å². The van der Waals surface area contributed by atoms with Crippen LogP contribution in [0.15, 0.2) is 47.0 Å². The monoisotopic (exact) mass is 402 g/mol. The molecule has 3 heterocycles. The fourth-order valence-corrected chi connectivity index (χ4v) is 3.67. The predicted molar refractivity (Wildman–Crippen MR) is 102 cm³/mol. The van der Waals surface area contributed by atoms with Crippen LogP contribution in [0.3, 0.4) is 0 Å². The van der Waals surface area contributed by atoms with Crippen LogP contribution in [0.2, 0.25) is 10.3 Å². The number of hydrogen-bond donors (Lipinski definition) is 0. The molecule has 27 heavy (non-hydrogen) atoms. The number of pyridine rings is 1. The van der Waals surface area contributed by atoms with Gasteiger partial charge in [-0.05, 0) is 25.0 Å². The molecular weight excluding hydrogens is 387 g/mol. The molecule has 2 aromatic heterocycles. The molecule has 0 bridgehead atoms. The highest BCUT2D eigenvalue weighted by Crippen LogP contribution is 2.29. The van der Waals surface area contributed by atoms with E-state index in [-0.39, 0.29) is 22.1 Å². The highest BCUT2D eigenvalue weighted by molar-refractivity contribution is 6.33. The number of halogens is 2. The molecule has 1 aromatic carbocycles. The largest absolute Gasteiger partial charge is 0.339 e. The smallest absolute Gasteiger partial charge is 0.254 e. The summed E-state index contributed by atoms with van der Waals surface area (Å²) < 4.78 is 5.46. The fraction of sp³-hybridized carbons (Fsp3) is 0.263. The zero-order valence-electron chi connectivity index (χ0n) is 14.3. The summed E-state index contributed by atoms with van der Waals surface area (Å²) in [7, 11) is 0. The molecule has 1 aliphatic rings. The Bertz CT molecular complexity index is 933. The lowest BCUT2D eigenvalue weighted by Gasteiger charge is -2.30. The summed E-state index contributed by atoms with van der Waals surface area (Å²) in [5.74, 6) is 1.25. The van der Waals surface area contributed by atoms with E-state index >= 15 is 0 Å². The van der Waals surface area contributed by atoms with E-state index in [1.165, 1.54) is 12.1 Å². The van der Waals surface area contributed by atoms with Crippen LogP contribution in [0.25, 0.3) is 11.4 Å². The van der Waals surface area contributed by atoms with Crippen molar-refractivity contribution in [1.29, 1.82) is 0 Å². The van der Waals surface area contributed by atoms with Crippen molar-refractivity contribution in [1.82, 2.24) is 20.0 Å². The number of carbonyl (C=O) groups excluding carboxylic acids is 1. The highest BCUT2D eigenvalue weighted by atomic mass is 35.5. The normalized spacial score (nSPS) is 15.1. The molecule has 8 heteroatoms. The summed E-state index contributed by atoms with van der Waals surface area (Å²) in [6, 6.07) is 12.8. The second kappa shape index (κ2) is 7.66. The molecule has 0 radical (unpaired) electrons. The van der Waals surface area contributed by atoms with Gasteiger partial charge in [-0.2, -0.15) is 4.98 Å². The summed E-state index contributed by atoms with van der Waals surface area (Å²) in [4.78, 5) is 22.9. The van der Waals surface area contributed by atoms with E-state index in [0.29, 0.717) is 30.4 Å². The Kier molecular flexibility index (Phi) is 5.09. The SMILES string of the molecule is O=C(c1cc(Cl)nc(Cl)c1)N1CCC(c2nc(-c3ccccc3)no2)CC1. The van der Waals surface area contributed by atoms with Crippen LogP contribution in [-0.2, 0) is 0 Å². The highest BCUT2D eigenvalue weighted by Gasteiger charge is 2.28. The molecule has 6 nitrogen and oxygen atoms in total. The molecule has 0 saturated carbocycles. The van der Waals surface area contributed by atoms with Gasteiger partial charge in [-0.15, -0.1) is 0 Å². The number of likely N-dealkylation sites (tertiary alicyclic amines) is 1. The average Bonchev–Trinajstić information content (AvgIpc) is 3.18. The van der Waals surface area contributed by atoms with Gasteiger partial charge in [-0.3, -0.25) is 4.79 Å². The molecule has 1 aliphatic heterocycles. The minimum absolute atomic E-state index is 0.102. The van der Waals surface area contributed by atoms with Crippen LogP contribution in [0.4, 0.5) is 0 Å². The lowest BCUT2D eigenvalue weighted by molar-refractivity contribution is 0.0704. The molecule has 0 unspecified atom stereocenters. The Labute approximate surface area is 166 Å². The van der Waals surface area contributed by atoms with E-state index in [9.17, 15) is 4.79 Å². The first-order chi connectivity index (χ1) is 13.1. The second-order valence-corrected chi connectivity index (χ2v) is 7.16. The minimum atomic E-state index is -0.102. The molecular formula is C19H16Cl2N4O2. The number of benzene rings is 1. The fourth-order valence-electron chi connectivity index (χ4n) is 3.21. The van der Waals surface area contributed by atoms with Gasteiger partial charge in [0.1, 0.15) is 10.3 Å². The number of amides is 1. The summed E-state index contributed by atoms with van der Waals surface area (Å²) in [5.41, 5.74) is 1.37. The van der Waals surface area contributed by atoms with Gasteiger partial charge in [-0.1, -0.05) is 58.7 Å². The summed E-state index contributed by atoms with van der Waals surface area (Å²) in [6.07, 6.45) is 1.52. The van der Waals surface area contributed by atoms with Gasteiger partial charge in [0.2, 0.25) is 11.7 Å². The van der Waals surface area contributed by atoms with Crippen molar-refractivity contribution in [3.63, 3.8) is 0 Å². The van der Waals surface area contributed by atoms with Crippen molar-refractivity contribution in [3.8, 4) is 11.4 Å². The Morgan fingerprint density at radius 2 is 1.70 bits per heavy atom. The van der Waals surface area contributed by atoms with Crippen molar-refractivity contribution in [3.05, 3.63) is 64.2 Å². The van der Waals surface area contributed by atoms with Crippen molar-refractivity contribution in [2.24, 2.45) is 0 Å². The van der Waals surface area contributed by atoms with Gasteiger partial charge in [0.25, 0.3) is 5.91 Å². The molecule has 3 aromatic rings. The number of carbonyl (C=O) groups is 1. The van der Waals surface area contributed by atoms with Gasteiger partial charge in [0.05, 0.1) is 0 Å². The number of hydrogen-bond acceptors (Lipinski definition) is 5. The van der Waals surface area contributed by atoms with E-state index in [1.807, 2.05) is 30.3 Å². The van der Waals surface area contributed by atoms with Gasteiger partial charge in [0, 0.05) is 30.1 Å². The van der Waals surface area contributed by atoms with Crippen LogP contribution < -0.4 is 0 Å². The van der Waals surface area contributed by atoms with E-state index in [1.54, 1.807) is 4.90 Å². The number of nitrogens with zero attached hydrogens (tertiary/aromatic N) is 4. The lowest BCUT2D eigenvalue weighted by Crippen LogP contribution is -2.38. The first kappa shape index (κ1) is 17.9. The van der Waals surface area contributed by atoms with Gasteiger partial charge in [-0.25, -0.2) is 4.98 Å². The Morgan fingerprint density at radius 3 is 2.37 bits per heavy atom. The quantitative estimate of drug-likeness (QED) is 0.604. The maximum Gasteiger partial charge on any atom is 0.254 e. The minimum Gasteiger partial charge on any atom is -0.339 e. The zero-order chi connectivity index (χ0) is 18.8. The molecule has 4 rings (SSSR count). The zero-order valence-corrected chi connectivity index (χ0v) is 15.8. The van der Waals surface area contributed by atoms with Gasteiger partial charge in [0.15, 0.2) is 0 Å². The number of rotatable bonds is 3. The van der Waals surface area contributed by atoms with Crippen LogP contribution in [0.1, 0.15) is 35.0 Å². The van der Waals surface area contributed by atoms with E-state index < -0.39 is 0 Å². The third-order valence-electron chi connectivity index (χ3n) is 4.61. The Morgan fingerprint density at radius 1 is 1.04 bits per heavy atom. The topological polar surface area (TPSA) is 72.1 Å². The molecule has 138 valence electrons. The summed E-state index contributed by atoms with van der Waals surface area (Å²) in [6.45, 7) is 1.20. The van der Waals surface area contributed by atoms with E-state index in [4.69, 9.17) is 27.7 Å². The first-order valence-corrected chi connectivity index (χ1v) is 9.37. The van der Waals surface area contributed by atoms with Gasteiger partial charge >= 0.3 is 0 Å². The van der Waals surface area contributed by atoms with Crippen molar-refractivity contribution < 1.29 is 9.32 Å². The van der Waals surface area contributed by atoms with Gasteiger partial charge < -0.3 is 9.42 Å². The standard InChI is InChI=1S/C19H16Cl2N4O2/c20-15-10-14(11-16(21)22-15)19(26)25-8-6-13(7-9-25)18-23-17(24-27-18)12-4-2-1-3-5-12/h1-5,10-11,13H,6-9H2. The van der Waals surface area contributed by atoms with Crippen molar-refractivity contribution in [2.45, 2.75) is 18.8 Å². The maximum absolute atomic E-state index is 12.7. The number of aromatic nitrogens is 3. The third-order valence-corrected chi connectivity index (χ3v) is 5.00. The summed E-state index contributed by atoms with van der Waals surface area (Å²) in [5, 5.41) is 4.50. The predicted octanol–water partition coefficient (Wildman–Crippen LogP) is 4.46. The molecule has 0 atom stereocenters. The maximum atomic E-state index is 12.7. The molecule has 0 spiro atoms. The third kappa shape index (κ3) is 3.96. The Hall–Kier alpha value is -2.44. The van der Waals surface area contributed by atoms with Crippen LogP contribution in [-0.4, -0.2) is 39.0 Å².